The Balaban J connectivity index is 0.00000196. The van der Waals surface area contributed by atoms with Gasteiger partial charge in [0.25, 0.3) is 0 Å². The first-order chi connectivity index (χ1) is 18.2. The summed E-state index contributed by atoms with van der Waals surface area (Å²) in [5, 5.41) is 0. The summed E-state index contributed by atoms with van der Waals surface area (Å²) in [6, 6.07) is 10.1. The summed E-state index contributed by atoms with van der Waals surface area (Å²) in [5.41, 5.74) is 3.88. The lowest BCUT2D eigenvalue weighted by atomic mass is 10.0. The Hall–Kier alpha value is -1.88. The second kappa shape index (κ2) is 15.0. The SMILES string of the molecule is Cc1cc2nc(C(F)(F)F)n(Cc3ccc(C=CCN4CCC(N5CCN(C)CC5)CC4)cc3)c2nc1C.Cl.Cl.Cl. The lowest BCUT2D eigenvalue weighted by Gasteiger charge is -2.41. The summed E-state index contributed by atoms with van der Waals surface area (Å²) in [7, 11) is 2.20. The van der Waals surface area contributed by atoms with Crippen molar-refractivity contribution in [2.24, 2.45) is 0 Å². The van der Waals surface area contributed by atoms with Gasteiger partial charge in [-0.3, -0.25) is 9.80 Å². The second-order valence-electron chi connectivity index (χ2n) is 10.8. The van der Waals surface area contributed by atoms with Crippen molar-refractivity contribution < 1.29 is 13.2 Å². The lowest BCUT2D eigenvalue weighted by Crippen LogP contribution is -2.52. The normalized spacial score (nSPS) is 17.8. The third kappa shape index (κ3) is 8.58. The number of rotatable bonds is 6. The fraction of sp³-hybridized carbons (Fsp3) is 0.517. The average Bonchev–Trinajstić information content (AvgIpc) is 3.24. The number of imidazole rings is 1. The molecule has 2 aliphatic rings. The van der Waals surface area contributed by atoms with Crippen LogP contribution in [-0.2, 0) is 12.7 Å². The number of likely N-dealkylation sites (tertiary alicyclic amines) is 1. The molecule has 4 heterocycles. The smallest absolute Gasteiger partial charge is 0.304 e. The molecule has 3 aromatic rings. The number of nitrogens with zero attached hydrogens (tertiary/aromatic N) is 6. The Kier molecular flexibility index (Phi) is 12.9. The fourth-order valence-electron chi connectivity index (χ4n) is 5.51. The second-order valence-corrected chi connectivity index (χ2v) is 10.8. The van der Waals surface area contributed by atoms with E-state index in [2.05, 4.69) is 43.9 Å². The summed E-state index contributed by atoms with van der Waals surface area (Å²) >= 11 is 0. The van der Waals surface area contributed by atoms with Crippen molar-refractivity contribution in [2.45, 2.75) is 45.5 Å². The molecule has 2 aromatic heterocycles. The molecular formula is C29H40Cl3F3N6. The number of hydrogen-bond acceptors (Lipinski definition) is 5. The third-order valence-electron chi connectivity index (χ3n) is 8.02. The molecule has 1 aromatic carbocycles. The molecule has 12 heteroatoms. The molecule has 41 heavy (non-hydrogen) atoms. The summed E-state index contributed by atoms with van der Waals surface area (Å²) in [5.74, 6) is -0.912. The van der Waals surface area contributed by atoms with E-state index >= 15 is 0 Å². The van der Waals surface area contributed by atoms with Crippen molar-refractivity contribution in [3.8, 4) is 0 Å². The average molecular weight is 636 g/mol. The van der Waals surface area contributed by atoms with Crippen LogP contribution in [0.4, 0.5) is 13.2 Å². The van der Waals surface area contributed by atoms with E-state index in [1.54, 1.807) is 13.0 Å². The molecule has 2 saturated heterocycles. The molecule has 0 spiro atoms. The van der Waals surface area contributed by atoms with Crippen molar-refractivity contribution in [1.82, 2.24) is 29.2 Å². The molecule has 5 rings (SSSR count). The molecule has 0 atom stereocenters. The molecular weight excluding hydrogens is 596 g/mol. The van der Waals surface area contributed by atoms with E-state index in [1.165, 1.54) is 43.6 Å². The van der Waals surface area contributed by atoms with Gasteiger partial charge in [0.1, 0.15) is 5.52 Å². The summed E-state index contributed by atoms with van der Waals surface area (Å²) in [6.45, 7) is 11.5. The van der Waals surface area contributed by atoms with Crippen molar-refractivity contribution in [1.29, 1.82) is 0 Å². The lowest BCUT2D eigenvalue weighted by molar-refractivity contribution is -0.146. The minimum absolute atomic E-state index is 0. The quantitative estimate of drug-likeness (QED) is 0.327. The number of piperidine rings is 1. The predicted octanol–water partition coefficient (Wildman–Crippen LogP) is 6.11. The highest BCUT2D eigenvalue weighted by Crippen LogP contribution is 2.32. The van der Waals surface area contributed by atoms with Gasteiger partial charge in [-0.25, -0.2) is 9.97 Å². The fourth-order valence-corrected chi connectivity index (χ4v) is 5.51. The van der Waals surface area contributed by atoms with E-state index in [1.807, 2.05) is 31.2 Å². The molecule has 0 amide bonds. The van der Waals surface area contributed by atoms with Gasteiger partial charge < -0.3 is 9.47 Å². The van der Waals surface area contributed by atoms with Crippen LogP contribution in [0.2, 0.25) is 0 Å². The highest BCUT2D eigenvalue weighted by Gasteiger charge is 2.38. The molecule has 0 bridgehead atoms. The Morgan fingerprint density at radius 3 is 2.15 bits per heavy atom. The summed E-state index contributed by atoms with van der Waals surface area (Å²) in [4.78, 5) is 15.9. The zero-order chi connectivity index (χ0) is 26.9. The van der Waals surface area contributed by atoms with Crippen molar-refractivity contribution >= 4 is 54.5 Å². The van der Waals surface area contributed by atoms with E-state index in [0.29, 0.717) is 11.7 Å². The van der Waals surface area contributed by atoms with Crippen LogP contribution >= 0.6 is 37.2 Å². The highest BCUT2D eigenvalue weighted by atomic mass is 35.5. The zero-order valence-corrected chi connectivity index (χ0v) is 26.2. The number of halogens is 6. The maximum absolute atomic E-state index is 13.7. The molecule has 6 nitrogen and oxygen atoms in total. The van der Waals surface area contributed by atoms with Crippen LogP contribution in [0.3, 0.4) is 0 Å². The molecule has 0 aliphatic carbocycles. The Morgan fingerprint density at radius 2 is 1.54 bits per heavy atom. The number of hydrogen-bond donors (Lipinski definition) is 0. The monoisotopic (exact) mass is 634 g/mol. The molecule has 2 fully saturated rings. The van der Waals surface area contributed by atoms with Crippen molar-refractivity contribution in [3.63, 3.8) is 0 Å². The number of likely N-dealkylation sites (N-methyl/N-ethyl adjacent to an activating group) is 1. The van der Waals surface area contributed by atoms with Gasteiger partial charge in [0.15, 0.2) is 5.65 Å². The maximum atomic E-state index is 13.7. The predicted molar refractivity (Wildman–Crippen MR) is 167 cm³/mol. The molecule has 0 radical (unpaired) electrons. The van der Waals surface area contributed by atoms with Gasteiger partial charge in [-0.05, 0) is 69.6 Å². The van der Waals surface area contributed by atoms with Gasteiger partial charge in [-0.15, -0.1) is 37.2 Å². The number of alkyl halides is 3. The Labute approximate surface area is 259 Å². The van der Waals surface area contributed by atoms with Crippen LogP contribution in [0, 0.1) is 13.8 Å². The van der Waals surface area contributed by atoms with Crippen LogP contribution in [0.15, 0.2) is 36.4 Å². The van der Waals surface area contributed by atoms with E-state index in [9.17, 15) is 13.2 Å². The molecule has 0 N–H and O–H groups in total. The number of pyridine rings is 1. The third-order valence-corrected chi connectivity index (χ3v) is 8.02. The standard InChI is InChI=1S/C29H37F3N6.3ClH/c1-21-19-26-27(33-22(21)2)38(28(34-26)29(30,31)32)20-24-8-6-23(7-9-24)5-4-12-36-13-10-25(11-14-36)37-17-15-35(3)16-18-37;;;/h4-9,19,25H,10-18,20H2,1-3H3;3*1H. The van der Waals surface area contributed by atoms with E-state index < -0.39 is 12.0 Å². The molecule has 0 saturated carbocycles. The topological polar surface area (TPSA) is 40.4 Å². The first-order valence-corrected chi connectivity index (χ1v) is 13.5. The number of benzene rings is 1. The first-order valence-electron chi connectivity index (χ1n) is 13.5. The van der Waals surface area contributed by atoms with Crippen LogP contribution in [0.25, 0.3) is 17.2 Å². The van der Waals surface area contributed by atoms with Gasteiger partial charge in [-0.1, -0.05) is 36.4 Å². The molecule has 228 valence electrons. The van der Waals surface area contributed by atoms with Gasteiger partial charge in [0, 0.05) is 44.5 Å². The van der Waals surface area contributed by atoms with Crippen LogP contribution in [0.1, 0.15) is 41.1 Å². The van der Waals surface area contributed by atoms with Gasteiger partial charge in [0.05, 0.1) is 6.54 Å². The Morgan fingerprint density at radius 1 is 0.902 bits per heavy atom. The summed E-state index contributed by atoms with van der Waals surface area (Å²) in [6.07, 6.45) is 2.18. The van der Waals surface area contributed by atoms with Crippen molar-refractivity contribution in [3.05, 3.63) is 64.6 Å². The van der Waals surface area contributed by atoms with E-state index in [0.717, 1.165) is 36.3 Å². The minimum atomic E-state index is -4.55. The molecule has 0 unspecified atom stereocenters. The van der Waals surface area contributed by atoms with Crippen LogP contribution in [-0.4, -0.2) is 88.1 Å². The van der Waals surface area contributed by atoms with Gasteiger partial charge in [0.2, 0.25) is 5.82 Å². The molecule has 2 aliphatic heterocycles. The van der Waals surface area contributed by atoms with Crippen molar-refractivity contribution in [2.75, 3.05) is 52.9 Å². The van der Waals surface area contributed by atoms with Gasteiger partial charge >= 0.3 is 6.18 Å². The summed E-state index contributed by atoms with van der Waals surface area (Å²) < 4.78 is 42.4. The number of aryl methyl sites for hydroxylation is 2. The number of fused-ring (bicyclic) bond motifs is 1. The zero-order valence-electron chi connectivity index (χ0n) is 23.7. The van der Waals surface area contributed by atoms with Crippen LogP contribution < -0.4 is 0 Å². The maximum Gasteiger partial charge on any atom is 0.449 e. The number of piperazine rings is 1. The first kappa shape index (κ1) is 35.3. The highest BCUT2D eigenvalue weighted by molar-refractivity contribution is 5.86. The van der Waals surface area contributed by atoms with E-state index in [-0.39, 0.29) is 54.9 Å². The largest absolute Gasteiger partial charge is 0.449 e. The van der Waals surface area contributed by atoms with Crippen LogP contribution in [0.5, 0.6) is 0 Å². The van der Waals surface area contributed by atoms with Gasteiger partial charge in [-0.2, -0.15) is 13.2 Å². The number of aromatic nitrogens is 3. The minimum Gasteiger partial charge on any atom is -0.304 e. The Bertz CT molecular complexity index is 1280. The van der Waals surface area contributed by atoms with E-state index in [4.69, 9.17) is 0 Å².